The number of hydrogen-bond acceptors (Lipinski definition) is 3. The zero-order valence-electron chi connectivity index (χ0n) is 11.6. The summed E-state index contributed by atoms with van der Waals surface area (Å²) in [5.41, 5.74) is -0.974. The molecule has 1 saturated heterocycles. The van der Waals surface area contributed by atoms with E-state index < -0.39 is 21.8 Å². The van der Waals surface area contributed by atoms with E-state index in [-0.39, 0.29) is 30.2 Å². The fourth-order valence-electron chi connectivity index (χ4n) is 2.31. The first-order chi connectivity index (χ1) is 9.60. The molecule has 0 radical (unpaired) electrons. The van der Waals surface area contributed by atoms with E-state index in [0.29, 0.717) is 6.07 Å². The minimum atomic E-state index is -4.57. The number of halogens is 3. The molecule has 1 heterocycles. The van der Waals surface area contributed by atoms with Crippen molar-refractivity contribution in [3.63, 3.8) is 0 Å². The Morgan fingerprint density at radius 3 is 2.29 bits per heavy atom. The van der Waals surface area contributed by atoms with Crippen LogP contribution >= 0.6 is 0 Å². The van der Waals surface area contributed by atoms with Crippen LogP contribution in [0.25, 0.3) is 0 Å². The molecule has 0 aliphatic carbocycles. The number of nitrogens with zero attached hydrogens (tertiary/aromatic N) is 1. The number of sulfonamides is 1. The molecule has 21 heavy (non-hydrogen) atoms. The van der Waals surface area contributed by atoms with Gasteiger partial charge in [-0.15, -0.1) is 0 Å². The molecule has 0 amide bonds. The van der Waals surface area contributed by atoms with Crippen LogP contribution in [0.4, 0.5) is 13.2 Å². The number of alkyl halides is 3. The van der Waals surface area contributed by atoms with Crippen molar-refractivity contribution < 1.29 is 26.3 Å². The molecular formula is C13H16F3NO3S. The highest BCUT2D eigenvalue weighted by molar-refractivity contribution is 7.89. The van der Waals surface area contributed by atoms with Crippen LogP contribution in [0.3, 0.4) is 0 Å². The van der Waals surface area contributed by atoms with Crippen LogP contribution in [0.15, 0.2) is 29.2 Å². The van der Waals surface area contributed by atoms with Crippen molar-refractivity contribution >= 4 is 10.0 Å². The van der Waals surface area contributed by atoms with Crippen molar-refractivity contribution in [1.82, 2.24) is 4.31 Å². The average Bonchev–Trinajstić information content (AvgIpc) is 2.36. The molecule has 0 N–H and O–H groups in total. The third-order valence-electron chi connectivity index (χ3n) is 3.19. The number of benzene rings is 1. The van der Waals surface area contributed by atoms with Crippen LogP contribution < -0.4 is 0 Å². The summed E-state index contributed by atoms with van der Waals surface area (Å²) < 4.78 is 69.6. The van der Waals surface area contributed by atoms with Gasteiger partial charge in [-0.3, -0.25) is 0 Å². The Morgan fingerprint density at radius 1 is 1.19 bits per heavy atom. The van der Waals surface area contributed by atoms with E-state index in [9.17, 15) is 21.6 Å². The molecule has 1 aliphatic rings. The molecule has 1 aliphatic heterocycles. The molecule has 1 aromatic rings. The monoisotopic (exact) mass is 323 g/mol. The first-order valence-electron chi connectivity index (χ1n) is 6.43. The Kier molecular flexibility index (Phi) is 4.32. The van der Waals surface area contributed by atoms with Gasteiger partial charge in [0.2, 0.25) is 10.0 Å². The van der Waals surface area contributed by atoms with Crippen LogP contribution in [-0.2, 0) is 20.9 Å². The lowest BCUT2D eigenvalue weighted by molar-refractivity contribution is -0.137. The third kappa shape index (κ3) is 3.56. The van der Waals surface area contributed by atoms with Crippen molar-refractivity contribution in [2.75, 3.05) is 13.1 Å². The molecule has 1 aromatic carbocycles. The molecule has 118 valence electrons. The Balaban J connectivity index is 2.36. The quantitative estimate of drug-likeness (QED) is 0.840. The van der Waals surface area contributed by atoms with Crippen molar-refractivity contribution in [2.24, 2.45) is 0 Å². The lowest BCUT2D eigenvalue weighted by Crippen LogP contribution is -2.48. The van der Waals surface area contributed by atoms with Crippen LogP contribution in [0.5, 0.6) is 0 Å². The minimum absolute atomic E-state index is 0.128. The Morgan fingerprint density at radius 2 is 1.76 bits per heavy atom. The van der Waals surface area contributed by atoms with Crippen LogP contribution in [0.1, 0.15) is 19.4 Å². The molecule has 8 heteroatoms. The average molecular weight is 323 g/mol. The highest BCUT2D eigenvalue weighted by Crippen LogP contribution is 2.31. The molecule has 2 atom stereocenters. The maximum Gasteiger partial charge on any atom is 0.416 e. The number of ether oxygens (including phenoxy) is 1. The highest BCUT2D eigenvalue weighted by atomic mass is 32.2. The molecule has 0 unspecified atom stereocenters. The molecule has 0 spiro atoms. The first-order valence-corrected chi connectivity index (χ1v) is 7.87. The van der Waals surface area contributed by atoms with Crippen molar-refractivity contribution in [1.29, 1.82) is 0 Å². The standard InChI is InChI=1S/C13H16F3NO3S/c1-9-7-17(8-10(2)20-9)21(18,19)12-5-3-4-11(6-12)13(14,15)16/h3-6,9-10H,7-8H2,1-2H3/t9-,10-/m1/s1. The summed E-state index contributed by atoms with van der Waals surface area (Å²) >= 11 is 0. The van der Waals surface area contributed by atoms with Gasteiger partial charge in [-0.25, -0.2) is 8.42 Å². The zero-order chi connectivity index (χ0) is 15.8. The smallest absolute Gasteiger partial charge is 0.373 e. The molecule has 0 bridgehead atoms. The van der Waals surface area contributed by atoms with Gasteiger partial charge in [-0.1, -0.05) is 6.07 Å². The van der Waals surface area contributed by atoms with Gasteiger partial charge in [0, 0.05) is 13.1 Å². The third-order valence-corrected chi connectivity index (χ3v) is 5.01. The number of hydrogen-bond donors (Lipinski definition) is 0. The molecule has 0 aromatic heterocycles. The summed E-state index contributed by atoms with van der Waals surface area (Å²) in [6, 6.07) is 3.79. The minimum Gasteiger partial charge on any atom is -0.373 e. The van der Waals surface area contributed by atoms with E-state index in [4.69, 9.17) is 4.74 Å². The SMILES string of the molecule is C[C@@H]1CN(S(=O)(=O)c2cccc(C(F)(F)F)c2)C[C@@H](C)O1. The topological polar surface area (TPSA) is 46.6 Å². The Bertz CT molecular complexity index is 605. The molecular weight excluding hydrogens is 307 g/mol. The summed E-state index contributed by atoms with van der Waals surface area (Å²) in [6.07, 6.45) is -5.17. The van der Waals surface area contributed by atoms with E-state index >= 15 is 0 Å². The van der Waals surface area contributed by atoms with Gasteiger partial charge in [0.15, 0.2) is 0 Å². The van der Waals surface area contributed by atoms with Crippen LogP contribution in [-0.4, -0.2) is 38.0 Å². The Hall–Kier alpha value is -1.12. The summed E-state index contributed by atoms with van der Waals surface area (Å²) in [4.78, 5) is -0.348. The number of rotatable bonds is 2. The van der Waals surface area contributed by atoms with Crippen molar-refractivity contribution in [3.05, 3.63) is 29.8 Å². The molecule has 0 saturated carbocycles. The predicted octanol–water partition coefficient (Wildman–Crippen LogP) is 2.50. The lowest BCUT2D eigenvalue weighted by atomic mass is 10.2. The van der Waals surface area contributed by atoms with Gasteiger partial charge < -0.3 is 4.74 Å². The molecule has 4 nitrogen and oxygen atoms in total. The van der Waals surface area contributed by atoms with E-state index in [0.717, 1.165) is 12.1 Å². The highest BCUT2D eigenvalue weighted by Gasteiger charge is 2.35. The second kappa shape index (κ2) is 5.58. The van der Waals surface area contributed by atoms with E-state index in [1.54, 1.807) is 13.8 Å². The van der Waals surface area contributed by atoms with Gasteiger partial charge in [0.25, 0.3) is 0 Å². The van der Waals surface area contributed by atoms with E-state index in [1.165, 1.54) is 10.4 Å². The maximum atomic E-state index is 12.7. The second-order valence-electron chi connectivity index (χ2n) is 5.10. The number of morpholine rings is 1. The van der Waals surface area contributed by atoms with Crippen molar-refractivity contribution in [3.8, 4) is 0 Å². The normalized spacial score (nSPS) is 25.0. The summed E-state index contributed by atoms with van der Waals surface area (Å²) in [7, 11) is -3.96. The Labute approximate surface area is 121 Å². The van der Waals surface area contributed by atoms with Crippen molar-refractivity contribution in [2.45, 2.75) is 37.1 Å². The zero-order valence-corrected chi connectivity index (χ0v) is 12.4. The first kappa shape index (κ1) is 16.3. The fraction of sp³-hybridized carbons (Fsp3) is 0.538. The van der Waals surface area contributed by atoms with Gasteiger partial charge in [-0.05, 0) is 32.0 Å². The second-order valence-corrected chi connectivity index (χ2v) is 7.04. The lowest BCUT2D eigenvalue weighted by Gasteiger charge is -2.34. The van der Waals surface area contributed by atoms with Gasteiger partial charge >= 0.3 is 6.18 Å². The van der Waals surface area contributed by atoms with Crippen LogP contribution in [0, 0.1) is 0 Å². The van der Waals surface area contributed by atoms with Crippen LogP contribution in [0.2, 0.25) is 0 Å². The molecule has 2 rings (SSSR count). The maximum absolute atomic E-state index is 12.7. The molecule has 1 fully saturated rings. The summed E-state index contributed by atoms with van der Waals surface area (Å²) in [5, 5.41) is 0. The largest absolute Gasteiger partial charge is 0.416 e. The van der Waals surface area contributed by atoms with Gasteiger partial charge in [-0.2, -0.15) is 17.5 Å². The van der Waals surface area contributed by atoms with E-state index in [2.05, 4.69) is 0 Å². The van der Waals surface area contributed by atoms with Gasteiger partial charge in [0.05, 0.1) is 22.7 Å². The summed E-state index contributed by atoms with van der Waals surface area (Å²) in [5.74, 6) is 0. The summed E-state index contributed by atoms with van der Waals surface area (Å²) in [6.45, 7) is 3.71. The fourth-order valence-corrected chi connectivity index (χ4v) is 3.95. The van der Waals surface area contributed by atoms with Gasteiger partial charge in [0.1, 0.15) is 0 Å². The van der Waals surface area contributed by atoms with E-state index in [1.807, 2.05) is 0 Å². The predicted molar refractivity (Wildman–Crippen MR) is 70.2 cm³/mol.